The predicted octanol–water partition coefficient (Wildman–Crippen LogP) is 4.29. The number of rotatable bonds is 5. The third-order valence-corrected chi connectivity index (χ3v) is 4.58. The van der Waals surface area contributed by atoms with Gasteiger partial charge >= 0.3 is 0 Å². The van der Waals surface area contributed by atoms with Crippen LogP contribution >= 0.6 is 0 Å². The van der Waals surface area contributed by atoms with Crippen molar-refractivity contribution in [3.05, 3.63) is 11.6 Å². The Kier molecular flexibility index (Phi) is 5.57. The Morgan fingerprint density at radius 3 is 2.71 bits per heavy atom. The highest BCUT2D eigenvalue weighted by atomic mass is 14.9. The first-order chi connectivity index (χ1) is 8.34. The van der Waals surface area contributed by atoms with E-state index in [1.807, 2.05) is 0 Å². The maximum atomic E-state index is 3.68. The van der Waals surface area contributed by atoms with Crippen LogP contribution in [0.25, 0.3) is 0 Å². The van der Waals surface area contributed by atoms with Gasteiger partial charge in [0.15, 0.2) is 0 Å². The summed E-state index contributed by atoms with van der Waals surface area (Å²) in [6.45, 7) is 4.87. The van der Waals surface area contributed by atoms with Gasteiger partial charge < -0.3 is 5.32 Å². The molecule has 2 aliphatic carbocycles. The molecule has 17 heavy (non-hydrogen) atoms. The minimum atomic E-state index is 0.964. The first-order valence-corrected chi connectivity index (χ1v) is 7.73. The Hall–Kier alpha value is -0.300. The largest absolute Gasteiger partial charge is 0.316 e. The van der Waals surface area contributed by atoms with Crippen LogP contribution in [0.5, 0.6) is 0 Å². The second-order valence-corrected chi connectivity index (χ2v) is 6.19. The van der Waals surface area contributed by atoms with E-state index in [1.165, 1.54) is 70.9 Å². The Morgan fingerprint density at radius 2 is 2.00 bits per heavy atom. The molecule has 2 rings (SSSR count). The molecule has 1 nitrogen and oxygen atoms in total. The molecule has 1 N–H and O–H groups in total. The number of hydrogen-bond acceptors (Lipinski definition) is 1. The average molecular weight is 235 g/mol. The summed E-state index contributed by atoms with van der Waals surface area (Å²) in [5.41, 5.74) is 1.71. The summed E-state index contributed by atoms with van der Waals surface area (Å²) in [5.74, 6) is 1.95. The first kappa shape index (κ1) is 13.1. The zero-order valence-corrected chi connectivity index (χ0v) is 11.5. The minimum absolute atomic E-state index is 0.964. The second kappa shape index (κ2) is 7.20. The maximum absolute atomic E-state index is 3.68. The fraction of sp³-hybridized carbons (Fsp3) is 0.875. The molecule has 0 radical (unpaired) electrons. The van der Waals surface area contributed by atoms with E-state index >= 15 is 0 Å². The molecule has 0 aromatic rings. The average Bonchev–Trinajstić information content (AvgIpc) is 2.38. The molecule has 0 atom stereocenters. The lowest BCUT2D eigenvalue weighted by Gasteiger charge is -2.26. The van der Waals surface area contributed by atoms with E-state index in [0.717, 1.165) is 11.8 Å². The summed E-state index contributed by atoms with van der Waals surface area (Å²) < 4.78 is 0. The van der Waals surface area contributed by atoms with Crippen LogP contribution in [-0.4, -0.2) is 13.1 Å². The fourth-order valence-electron chi connectivity index (χ4n) is 3.22. The van der Waals surface area contributed by atoms with Gasteiger partial charge in [0.1, 0.15) is 0 Å². The standard InChI is InChI=1S/C16H29N/c1-14-7-9-16(10-8-14)13-17-12-11-15-5-3-2-4-6-15/h5,14,16-17H,2-4,6-13H2,1H3. The van der Waals surface area contributed by atoms with E-state index in [1.54, 1.807) is 5.57 Å². The van der Waals surface area contributed by atoms with Crippen LogP contribution in [0.2, 0.25) is 0 Å². The lowest BCUT2D eigenvalue weighted by atomic mass is 9.83. The summed E-state index contributed by atoms with van der Waals surface area (Å²) >= 11 is 0. The van der Waals surface area contributed by atoms with Crippen molar-refractivity contribution < 1.29 is 0 Å². The molecule has 0 heterocycles. The minimum Gasteiger partial charge on any atom is -0.316 e. The van der Waals surface area contributed by atoms with Gasteiger partial charge in [0, 0.05) is 0 Å². The van der Waals surface area contributed by atoms with Crippen LogP contribution in [0.15, 0.2) is 11.6 Å². The molecular weight excluding hydrogens is 206 g/mol. The molecule has 1 fully saturated rings. The fourth-order valence-corrected chi connectivity index (χ4v) is 3.22. The summed E-state index contributed by atoms with van der Waals surface area (Å²) in [5, 5.41) is 3.68. The van der Waals surface area contributed by atoms with Crippen molar-refractivity contribution in [1.82, 2.24) is 5.32 Å². The Bertz CT molecular complexity index is 236. The van der Waals surface area contributed by atoms with E-state index in [4.69, 9.17) is 0 Å². The summed E-state index contributed by atoms with van der Waals surface area (Å²) in [7, 11) is 0. The Labute approximate surface area is 107 Å². The van der Waals surface area contributed by atoms with Gasteiger partial charge in [-0.1, -0.05) is 31.4 Å². The van der Waals surface area contributed by atoms with Gasteiger partial charge in [-0.15, -0.1) is 0 Å². The topological polar surface area (TPSA) is 12.0 Å². The van der Waals surface area contributed by atoms with E-state index in [-0.39, 0.29) is 0 Å². The van der Waals surface area contributed by atoms with Crippen LogP contribution in [0.1, 0.15) is 64.7 Å². The van der Waals surface area contributed by atoms with Crippen molar-refractivity contribution in [3.63, 3.8) is 0 Å². The highest BCUT2D eigenvalue weighted by Gasteiger charge is 2.17. The van der Waals surface area contributed by atoms with Crippen molar-refractivity contribution in [2.45, 2.75) is 64.7 Å². The molecule has 1 saturated carbocycles. The quantitative estimate of drug-likeness (QED) is 0.553. The van der Waals surface area contributed by atoms with Crippen molar-refractivity contribution >= 4 is 0 Å². The van der Waals surface area contributed by atoms with Crippen LogP contribution in [-0.2, 0) is 0 Å². The van der Waals surface area contributed by atoms with Crippen molar-refractivity contribution in [2.24, 2.45) is 11.8 Å². The third kappa shape index (κ3) is 4.83. The SMILES string of the molecule is CC1CCC(CNCCC2=CCCCC2)CC1. The smallest absolute Gasteiger partial charge is 0.00115 e. The lowest BCUT2D eigenvalue weighted by molar-refractivity contribution is 0.282. The number of nitrogens with one attached hydrogen (secondary N) is 1. The number of hydrogen-bond donors (Lipinski definition) is 1. The van der Waals surface area contributed by atoms with Crippen LogP contribution in [0.4, 0.5) is 0 Å². The molecule has 0 aromatic heterocycles. The van der Waals surface area contributed by atoms with Crippen molar-refractivity contribution in [3.8, 4) is 0 Å². The molecule has 1 heteroatoms. The third-order valence-electron chi connectivity index (χ3n) is 4.58. The first-order valence-electron chi connectivity index (χ1n) is 7.73. The Morgan fingerprint density at radius 1 is 1.18 bits per heavy atom. The molecule has 0 aromatic carbocycles. The van der Waals surface area contributed by atoms with Crippen molar-refractivity contribution in [2.75, 3.05) is 13.1 Å². The van der Waals surface area contributed by atoms with Gasteiger partial charge in [-0.25, -0.2) is 0 Å². The van der Waals surface area contributed by atoms with E-state index in [9.17, 15) is 0 Å². The van der Waals surface area contributed by atoms with Gasteiger partial charge in [0.25, 0.3) is 0 Å². The molecule has 0 bridgehead atoms. The molecule has 98 valence electrons. The number of allylic oxidation sites excluding steroid dienone is 1. The Balaban J connectivity index is 1.52. The van der Waals surface area contributed by atoms with Crippen LogP contribution in [0, 0.1) is 11.8 Å². The zero-order valence-electron chi connectivity index (χ0n) is 11.5. The highest BCUT2D eigenvalue weighted by molar-refractivity contribution is 5.05. The molecular formula is C16H29N. The summed E-state index contributed by atoms with van der Waals surface area (Å²) in [6, 6.07) is 0. The van der Waals surface area contributed by atoms with E-state index < -0.39 is 0 Å². The van der Waals surface area contributed by atoms with Gasteiger partial charge in [0.2, 0.25) is 0 Å². The predicted molar refractivity (Wildman–Crippen MR) is 75.2 cm³/mol. The van der Waals surface area contributed by atoms with Gasteiger partial charge in [0.05, 0.1) is 0 Å². The van der Waals surface area contributed by atoms with E-state index in [2.05, 4.69) is 18.3 Å². The van der Waals surface area contributed by atoms with Gasteiger partial charge in [-0.2, -0.15) is 0 Å². The second-order valence-electron chi connectivity index (χ2n) is 6.19. The van der Waals surface area contributed by atoms with Crippen LogP contribution < -0.4 is 5.32 Å². The summed E-state index contributed by atoms with van der Waals surface area (Å²) in [4.78, 5) is 0. The van der Waals surface area contributed by atoms with Gasteiger partial charge in [-0.3, -0.25) is 0 Å². The summed E-state index contributed by atoms with van der Waals surface area (Å²) in [6.07, 6.45) is 15.1. The molecule has 0 unspecified atom stereocenters. The monoisotopic (exact) mass is 235 g/mol. The highest BCUT2D eigenvalue weighted by Crippen LogP contribution is 2.27. The molecule has 0 amide bonds. The maximum Gasteiger partial charge on any atom is -0.00115 e. The normalized spacial score (nSPS) is 30.1. The zero-order chi connectivity index (χ0) is 11.9. The van der Waals surface area contributed by atoms with Crippen LogP contribution in [0.3, 0.4) is 0 Å². The molecule has 0 saturated heterocycles. The van der Waals surface area contributed by atoms with Gasteiger partial charge in [-0.05, 0) is 69.9 Å². The molecule has 2 aliphatic rings. The van der Waals surface area contributed by atoms with E-state index in [0.29, 0.717) is 0 Å². The van der Waals surface area contributed by atoms with Crippen molar-refractivity contribution in [1.29, 1.82) is 0 Å². The molecule has 0 spiro atoms. The molecule has 0 aliphatic heterocycles. The lowest BCUT2D eigenvalue weighted by Crippen LogP contribution is -2.27.